The molecule has 26 heavy (non-hydrogen) atoms. The van der Waals surface area contributed by atoms with Crippen molar-refractivity contribution in [2.75, 3.05) is 5.32 Å². The Bertz CT molecular complexity index is 689. The number of rotatable bonds is 6. The second-order valence-electron chi connectivity index (χ2n) is 7.52. The molecule has 3 rings (SSSR count). The Morgan fingerprint density at radius 1 is 1.04 bits per heavy atom. The van der Waals surface area contributed by atoms with E-state index in [9.17, 15) is 19.5 Å². The number of hydrogen-bond acceptors (Lipinski definition) is 3. The quantitative estimate of drug-likeness (QED) is 0.680. The number of anilines is 1. The first-order valence-corrected chi connectivity index (χ1v) is 9.43. The number of amides is 2. The van der Waals surface area contributed by atoms with Crippen LogP contribution in [0.4, 0.5) is 5.69 Å². The molecule has 6 heteroatoms. The third-order valence-electron chi connectivity index (χ3n) is 5.37. The molecule has 140 valence electrons. The molecule has 0 saturated heterocycles. The van der Waals surface area contributed by atoms with Crippen LogP contribution in [-0.4, -0.2) is 28.9 Å². The molecular formula is C20H26N2O4. The Morgan fingerprint density at radius 3 is 2.31 bits per heavy atom. The molecule has 0 radical (unpaired) electrons. The van der Waals surface area contributed by atoms with E-state index in [2.05, 4.69) is 10.6 Å². The van der Waals surface area contributed by atoms with Gasteiger partial charge in [0.25, 0.3) is 5.91 Å². The van der Waals surface area contributed by atoms with E-state index >= 15 is 0 Å². The zero-order chi connectivity index (χ0) is 18.6. The summed E-state index contributed by atoms with van der Waals surface area (Å²) in [5, 5.41) is 15.4. The van der Waals surface area contributed by atoms with Crippen LogP contribution in [0.3, 0.4) is 0 Å². The van der Waals surface area contributed by atoms with E-state index in [1.165, 1.54) is 0 Å². The summed E-state index contributed by atoms with van der Waals surface area (Å²) in [4.78, 5) is 36.8. The standard InChI is InChI=1S/C20H26N2O4/c23-17(13-20(19(25)26)11-5-1-2-6-12-20)22-16-8-4-3-7-15(16)18(24)21-14-9-10-14/h3-4,7-8,14H,1-2,5-6,9-13H2,(H,21,24)(H,22,23)(H,25,26). The van der Waals surface area contributed by atoms with Crippen molar-refractivity contribution in [3.05, 3.63) is 29.8 Å². The molecule has 0 unspecified atom stereocenters. The average molecular weight is 358 g/mol. The van der Waals surface area contributed by atoms with Gasteiger partial charge in [-0.05, 0) is 37.8 Å². The number of carboxylic acid groups (broad SMARTS) is 1. The minimum absolute atomic E-state index is 0.0547. The highest BCUT2D eigenvalue weighted by atomic mass is 16.4. The first kappa shape index (κ1) is 18.4. The Labute approximate surface area is 153 Å². The molecule has 0 spiro atoms. The highest BCUT2D eigenvalue weighted by molar-refractivity contribution is 6.04. The summed E-state index contributed by atoms with van der Waals surface area (Å²) in [6, 6.07) is 7.09. The maximum atomic E-state index is 12.6. The minimum Gasteiger partial charge on any atom is -0.481 e. The number of carbonyl (C=O) groups excluding carboxylic acids is 2. The Morgan fingerprint density at radius 2 is 1.69 bits per heavy atom. The number of nitrogens with one attached hydrogen (secondary N) is 2. The van der Waals surface area contributed by atoms with E-state index in [0.29, 0.717) is 24.1 Å². The number of benzene rings is 1. The lowest BCUT2D eigenvalue weighted by Gasteiger charge is -2.27. The first-order valence-electron chi connectivity index (χ1n) is 9.43. The number of hydrogen-bond donors (Lipinski definition) is 3. The van der Waals surface area contributed by atoms with Crippen LogP contribution in [0.5, 0.6) is 0 Å². The lowest BCUT2D eigenvalue weighted by Crippen LogP contribution is -2.35. The van der Waals surface area contributed by atoms with E-state index in [0.717, 1.165) is 38.5 Å². The largest absolute Gasteiger partial charge is 0.481 e. The maximum Gasteiger partial charge on any atom is 0.310 e. The van der Waals surface area contributed by atoms with Crippen LogP contribution in [0.25, 0.3) is 0 Å². The molecule has 0 heterocycles. The van der Waals surface area contributed by atoms with Gasteiger partial charge in [0, 0.05) is 12.5 Å². The molecule has 2 amide bonds. The summed E-state index contributed by atoms with van der Waals surface area (Å²) in [6.45, 7) is 0. The minimum atomic E-state index is -0.994. The fraction of sp³-hybridized carbons (Fsp3) is 0.550. The average Bonchev–Trinajstić information content (AvgIpc) is 3.43. The second-order valence-corrected chi connectivity index (χ2v) is 7.52. The molecule has 0 bridgehead atoms. The Balaban J connectivity index is 1.71. The van der Waals surface area contributed by atoms with Crippen LogP contribution in [0.1, 0.15) is 68.1 Å². The number of carboxylic acids is 1. The zero-order valence-corrected chi connectivity index (χ0v) is 14.9. The molecule has 1 aromatic rings. The SMILES string of the molecule is O=C(CC1(C(=O)O)CCCCCC1)Nc1ccccc1C(=O)NC1CC1. The van der Waals surface area contributed by atoms with Crippen molar-refractivity contribution in [2.45, 2.75) is 63.8 Å². The van der Waals surface area contributed by atoms with Crippen LogP contribution in [0.15, 0.2) is 24.3 Å². The van der Waals surface area contributed by atoms with Gasteiger partial charge < -0.3 is 15.7 Å². The van der Waals surface area contributed by atoms with Crippen LogP contribution < -0.4 is 10.6 Å². The van der Waals surface area contributed by atoms with Crippen molar-refractivity contribution in [3.63, 3.8) is 0 Å². The highest BCUT2D eigenvalue weighted by Crippen LogP contribution is 2.38. The van der Waals surface area contributed by atoms with E-state index in [-0.39, 0.29) is 24.3 Å². The van der Waals surface area contributed by atoms with Gasteiger partial charge in [0.15, 0.2) is 0 Å². The number of aliphatic carboxylic acids is 1. The monoisotopic (exact) mass is 358 g/mol. The molecule has 2 aliphatic rings. The summed E-state index contributed by atoms with van der Waals surface area (Å²) in [5.41, 5.74) is -0.144. The smallest absolute Gasteiger partial charge is 0.310 e. The van der Waals surface area contributed by atoms with E-state index < -0.39 is 11.4 Å². The third kappa shape index (κ3) is 4.42. The molecule has 0 aliphatic heterocycles. The summed E-state index contributed by atoms with van der Waals surface area (Å²) >= 11 is 0. The van der Waals surface area contributed by atoms with Crippen LogP contribution in [-0.2, 0) is 9.59 Å². The van der Waals surface area contributed by atoms with Crippen molar-refractivity contribution in [3.8, 4) is 0 Å². The molecular weight excluding hydrogens is 332 g/mol. The Kier molecular flexibility index (Phi) is 5.59. The van der Waals surface area contributed by atoms with Crippen LogP contribution in [0, 0.1) is 5.41 Å². The zero-order valence-electron chi connectivity index (χ0n) is 14.9. The van der Waals surface area contributed by atoms with Crippen molar-refractivity contribution >= 4 is 23.5 Å². The molecule has 6 nitrogen and oxygen atoms in total. The van der Waals surface area contributed by atoms with Gasteiger partial charge in [0.2, 0.25) is 5.91 Å². The van der Waals surface area contributed by atoms with Gasteiger partial charge in [-0.15, -0.1) is 0 Å². The summed E-state index contributed by atoms with van der Waals surface area (Å²) in [7, 11) is 0. The topological polar surface area (TPSA) is 95.5 Å². The fourth-order valence-corrected chi connectivity index (χ4v) is 3.65. The van der Waals surface area contributed by atoms with Crippen molar-refractivity contribution in [1.29, 1.82) is 0 Å². The predicted octanol–water partition coefficient (Wildman–Crippen LogP) is 3.33. The summed E-state index contributed by atoms with van der Waals surface area (Å²) in [5.74, 6) is -1.44. The van der Waals surface area contributed by atoms with Gasteiger partial charge in [0.05, 0.1) is 16.7 Å². The van der Waals surface area contributed by atoms with E-state index in [1.807, 2.05) is 0 Å². The van der Waals surface area contributed by atoms with Crippen molar-refractivity contribution < 1.29 is 19.5 Å². The molecule has 0 atom stereocenters. The third-order valence-corrected chi connectivity index (χ3v) is 5.37. The van der Waals surface area contributed by atoms with Gasteiger partial charge in [-0.3, -0.25) is 14.4 Å². The van der Waals surface area contributed by atoms with E-state index in [4.69, 9.17) is 0 Å². The van der Waals surface area contributed by atoms with Gasteiger partial charge in [-0.2, -0.15) is 0 Å². The lowest BCUT2D eigenvalue weighted by atomic mass is 9.77. The second kappa shape index (κ2) is 7.89. The molecule has 1 aromatic carbocycles. The molecule has 2 aliphatic carbocycles. The first-order chi connectivity index (χ1) is 12.5. The normalized spacial score (nSPS) is 19.2. The fourth-order valence-electron chi connectivity index (χ4n) is 3.65. The predicted molar refractivity (Wildman–Crippen MR) is 97.9 cm³/mol. The summed E-state index contributed by atoms with van der Waals surface area (Å²) in [6.07, 6.45) is 6.67. The highest BCUT2D eigenvalue weighted by Gasteiger charge is 2.40. The van der Waals surface area contributed by atoms with Crippen molar-refractivity contribution in [1.82, 2.24) is 5.32 Å². The maximum absolute atomic E-state index is 12.6. The van der Waals surface area contributed by atoms with Gasteiger partial charge in [0.1, 0.15) is 0 Å². The van der Waals surface area contributed by atoms with Crippen LogP contribution >= 0.6 is 0 Å². The number of carbonyl (C=O) groups is 3. The summed E-state index contributed by atoms with van der Waals surface area (Å²) < 4.78 is 0. The van der Waals surface area contributed by atoms with Gasteiger partial charge in [-0.1, -0.05) is 37.8 Å². The van der Waals surface area contributed by atoms with Gasteiger partial charge >= 0.3 is 5.97 Å². The van der Waals surface area contributed by atoms with E-state index in [1.54, 1.807) is 24.3 Å². The molecule has 2 saturated carbocycles. The molecule has 2 fully saturated rings. The van der Waals surface area contributed by atoms with Crippen molar-refractivity contribution in [2.24, 2.45) is 5.41 Å². The number of para-hydroxylation sites is 1. The van der Waals surface area contributed by atoms with Crippen LogP contribution in [0.2, 0.25) is 0 Å². The molecule has 0 aromatic heterocycles. The lowest BCUT2D eigenvalue weighted by molar-refractivity contribution is -0.152. The molecule has 3 N–H and O–H groups in total. The Hall–Kier alpha value is -2.37. The van der Waals surface area contributed by atoms with Gasteiger partial charge in [-0.25, -0.2) is 0 Å².